The van der Waals surface area contributed by atoms with Gasteiger partial charge in [0.25, 0.3) is 0 Å². The van der Waals surface area contributed by atoms with Crippen LogP contribution in [0.4, 0.5) is 0 Å². The van der Waals surface area contributed by atoms with E-state index in [2.05, 4.69) is 45.0 Å². The minimum Gasteiger partial charge on any atom is -0.316 e. The molecule has 0 aromatic carbocycles. The molecule has 0 saturated heterocycles. The first-order chi connectivity index (χ1) is 8.76. The summed E-state index contributed by atoms with van der Waals surface area (Å²) in [7, 11) is 1.98. The van der Waals surface area contributed by atoms with E-state index in [1.165, 1.54) is 0 Å². The minimum absolute atomic E-state index is 0.178. The fraction of sp³-hybridized carbons (Fsp3) is 0.800. The molecular weight excluding hydrogens is 258 g/mol. The summed E-state index contributed by atoms with van der Waals surface area (Å²) < 4.78 is 1.94. The molecule has 0 amide bonds. The molecule has 1 rings (SSSR count). The minimum atomic E-state index is 0.178. The van der Waals surface area contributed by atoms with Crippen molar-refractivity contribution in [3.63, 3.8) is 0 Å². The number of nitrogens with zero attached hydrogens (tertiary/aromatic N) is 2. The maximum absolute atomic E-state index is 6.42. The lowest BCUT2D eigenvalue weighted by Gasteiger charge is -2.26. The molecule has 1 N–H and O–H groups in total. The highest BCUT2D eigenvalue weighted by atomic mass is 35.5. The molecule has 0 saturated carbocycles. The Morgan fingerprint density at radius 2 is 2.00 bits per heavy atom. The number of hydrogen-bond donors (Lipinski definition) is 1. The first-order valence-electron chi connectivity index (χ1n) is 7.17. The van der Waals surface area contributed by atoms with Crippen LogP contribution < -0.4 is 5.32 Å². The second-order valence-electron chi connectivity index (χ2n) is 6.55. The maximum atomic E-state index is 6.42. The Kier molecular flexibility index (Phi) is 5.87. The van der Waals surface area contributed by atoms with Gasteiger partial charge in [-0.25, -0.2) is 0 Å². The summed E-state index contributed by atoms with van der Waals surface area (Å²) in [6.07, 6.45) is 1.83. The maximum Gasteiger partial charge on any atom is 0.0849 e. The second-order valence-corrected chi connectivity index (χ2v) is 6.93. The summed E-state index contributed by atoms with van der Waals surface area (Å²) >= 11 is 6.42. The lowest BCUT2D eigenvalue weighted by Crippen LogP contribution is -2.33. The van der Waals surface area contributed by atoms with Crippen LogP contribution in [0, 0.1) is 11.3 Å². The third-order valence-electron chi connectivity index (χ3n) is 3.31. The Morgan fingerprint density at radius 1 is 1.37 bits per heavy atom. The molecule has 4 heteroatoms. The van der Waals surface area contributed by atoms with Crippen LogP contribution in [-0.2, 0) is 19.9 Å². The number of rotatable bonds is 7. The zero-order valence-electron chi connectivity index (χ0n) is 13.2. The summed E-state index contributed by atoms with van der Waals surface area (Å²) in [6.45, 7) is 13.1. The van der Waals surface area contributed by atoms with Crippen molar-refractivity contribution < 1.29 is 0 Å². The number of aromatic nitrogens is 2. The van der Waals surface area contributed by atoms with E-state index in [0.717, 1.165) is 42.3 Å². The van der Waals surface area contributed by atoms with Crippen molar-refractivity contribution in [2.24, 2.45) is 18.4 Å². The van der Waals surface area contributed by atoms with Crippen molar-refractivity contribution in [2.75, 3.05) is 13.1 Å². The predicted molar refractivity (Wildman–Crippen MR) is 82.8 cm³/mol. The van der Waals surface area contributed by atoms with Crippen molar-refractivity contribution in [1.29, 1.82) is 0 Å². The van der Waals surface area contributed by atoms with E-state index in [9.17, 15) is 0 Å². The van der Waals surface area contributed by atoms with Crippen molar-refractivity contribution in [2.45, 2.75) is 47.5 Å². The zero-order chi connectivity index (χ0) is 14.6. The number of hydrogen-bond acceptors (Lipinski definition) is 2. The number of nitrogens with one attached hydrogen (secondary N) is 1. The molecule has 0 fully saturated rings. The van der Waals surface area contributed by atoms with Crippen LogP contribution in [0.15, 0.2) is 0 Å². The summed E-state index contributed by atoms with van der Waals surface area (Å²) in [6, 6.07) is 0. The molecule has 1 aromatic heterocycles. The molecule has 0 radical (unpaired) electrons. The van der Waals surface area contributed by atoms with E-state index in [-0.39, 0.29) is 5.41 Å². The Morgan fingerprint density at radius 3 is 2.47 bits per heavy atom. The topological polar surface area (TPSA) is 29.9 Å². The summed E-state index contributed by atoms with van der Waals surface area (Å²) in [5.41, 5.74) is 2.33. The highest BCUT2D eigenvalue weighted by Gasteiger charge is 2.23. The van der Waals surface area contributed by atoms with E-state index >= 15 is 0 Å². The van der Waals surface area contributed by atoms with E-state index in [1.54, 1.807) is 0 Å². The molecule has 0 bridgehead atoms. The fourth-order valence-corrected chi connectivity index (χ4v) is 2.59. The summed E-state index contributed by atoms with van der Waals surface area (Å²) in [5.74, 6) is 0.683. The van der Waals surface area contributed by atoms with Gasteiger partial charge in [-0.15, -0.1) is 0 Å². The molecule has 0 aliphatic heterocycles. The lowest BCUT2D eigenvalue weighted by atomic mass is 9.87. The Labute approximate surface area is 122 Å². The molecule has 1 aromatic rings. The van der Waals surface area contributed by atoms with Gasteiger partial charge >= 0.3 is 0 Å². The van der Waals surface area contributed by atoms with Crippen molar-refractivity contribution in [3.8, 4) is 0 Å². The van der Waals surface area contributed by atoms with Crippen LogP contribution in [0.2, 0.25) is 5.02 Å². The van der Waals surface area contributed by atoms with Crippen molar-refractivity contribution in [3.05, 3.63) is 16.4 Å². The first-order valence-corrected chi connectivity index (χ1v) is 7.55. The molecule has 0 atom stereocenters. The van der Waals surface area contributed by atoms with Crippen molar-refractivity contribution >= 4 is 11.6 Å². The average molecular weight is 286 g/mol. The average Bonchev–Trinajstić information content (AvgIpc) is 2.55. The van der Waals surface area contributed by atoms with Gasteiger partial charge in [0.05, 0.1) is 16.4 Å². The number of aryl methyl sites for hydroxylation is 2. The van der Waals surface area contributed by atoms with Gasteiger partial charge in [0, 0.05) is 13.6 Å². The highest BCUT2D eigenvalue weighted by Crippen LogP contribution is 2.28. The SMILES string of the molecule is CCc1nn(C)c(CC(C)(C)CNCC(C)C)c1Cl. The zero-order valence-corrected chi connectivity index (χ0v) is 13.9. The largest absolute Gasteiger partial charge is 0.316 e. The van der Waals surface area contributed by atoms with Gasteiger partial charge in [0.1, 0.15) is 0 Å². The van der Waals surface area contributed by atoms with Gasteiger partial charge < -0.3 is 5.32 Å². The molecule has 1 heterocycles. The van der Waals surface area contributed by atoms with Crippen LogP contribution >= 0.6 is 11.6 Å². The van der Waals surface area contributed by atoms with Gasteiger partial charge in [0.2, 0.25) is 0 Å². The molecule has 0 unspecified atom stereocenters. The monoisotopic (exact) mass is 285 g/mol. The third-order valence-corrected chi connectivity index (χ3v) is 3.74. The quantitative estimate of drug-likeness (QED) is 0.832. The van der Waals surface area contributed by atoms with Crippen LogP contribution in [0.1, 0.15) is 46.0 Å². The highest BCUT2D eigenvalue weighted by molar-refractivity contribution is 6.31. The Bertz CT molecular complexity index is 408. The first kappa shape index (κ1) is 16.5. The smallest absolute Gasteiger partial charge is 0.0849 e. The normalized spacial score (nSPS) is 12.4. The summed E-state index contributed by atoms with van der Waals surface area (Å²) in [5, 5.41) is 8.87. The molecule has 0 spiro atoms. The van der Waals surface area contributed by atoms with E-state index in [4.69, 9.17) is 11.6 Å². The van der Waals surface area contributed by atoms with Crippen LogP contribution in [0.25, 0.3) is 0 Å². The Hall–Kier alpha value is -0.540. The van der Waals surface area contributed by atoms with Gasteiger partial charge in [-0.1, -0.05) is 46.2 Å². The predicted octanol–water partition coefficient (Wildman–Crippen LogP) is 3.45. The molecule has 3 nitrogen and oxygen atoms in total. The van der Waals surface area contributed by atoms with Crippen molar-refractivity contribution in [1.82, 2.24) is 15.1 Å². The second kappa shape index (κ2) is 6.76. The molecule has 0 aliphatic carbocycles. The molecule has 110 valence electrons. The lowest BCUT2D eigenvalue weighted by molar-refractivity contribution is 0.323. The van der Waals surface area contributed by atoms with Gasteiger partial charge in [-0.3, -0.25) is 4.68 Å². The molecule has 19 heavy (non-hydrogen) atoms. The fourth-order valence-electron chi connectivity index (χ4n) is 2.23. The molecule has 0 aliphatic rings. The van der Waals surface area contributed by atoms with Gasteiger partial charge in [-0.2, -0.15) is 5.10 Å². The van der Waals surface area contributed by atoms with Gasteiger partial charge in [-0.05, 0) is 30.7 Å². The van der Waals surface area contributed by atoms with Crippen LogP contribution in [0.3, 0.4) is 0 Å². The van der Waals surface area contributed by atoms with Gasteiger partial charge in [0.15, 0.2) is 0 Å². The molecular formula is C15H28ClN3. The van der Waals surface area contributed by atoms with Crippen LogP contribution in [-0.4, -0.2) is 22.9 Å². The van der Waals surface area contributed by atoms with Crippen LogP contribution in [0.5, 0.6) is 0 Å². The number of halogens is 1. The summed E-state index contributed by atoms with van der Waals surface area (Å²) in [4.78, 5) is 0. The third kappa shape index (κ3) is 4.81. The standard InChI is InChI=1S/C15H28ClN3/c1-7-12-14(16)13(19(6)18-12)8-15(4,5)10-17-9-11(2)3/h11,17H,7-10H2,1-6H3. The Balaban J connectivity index is 2.69. The van der Waals surface area contributed by atoms with E-state index in [0.29, 0.717) is 5.92 Å². The van der Waals surface area contributed by atoms with E-state index < -0.39 is 0 Å². The van der Waals surface area contributed by atoms with E-state index in [1.807, 2.05) is 11.7 Å².